The smallest absolute Gasteiger partial charge is 0.385 e. The van der Waals surface area contributed by atoms with E-state index in [0.717, 1.165) is 57.1 Å². The largest absolute Gasteiger partial charge is 0.392 e. The maximum absolute atomic E-state index is 14.3. The van der Waals surface area contributed by atoms with Gasteiger partial charge in [-0.15, -0.1) is 5.73 Å². The molecule has 5 heteroatoms. The van der Waals surface area contributed by atoms with Crippen LogP contribution in [0.5, 0.6) is 0 Å². The number of aliphatic imine (C=N–C) groups is 1. The Labute approximate surface area is 300 Å². The molecule has 0 amide bonds. The van der Waals surface area contributed by atoms with Crippen LogP contribution in [0, 0.1) is 53.3 Å². The van der Waals surface area contributed by atoms with Crippen LogP contribution in [-0.2, 0) is 4.74 Å². The lowest BCUT2D eigenvalue weighted by Gasteiger charge is -2.38. The number of hydrogen-bond acceptors (Lipinski definition) is 2. The molecule has 1 heterocycles. The van der Waals surface area contributed by atoms with E-state index in [0.29, 0.717) is 60.7 Å². The molecular formula is C45H60F3NO. The summed E-state index contributed by atoms with van der Waals surface area (Å²) in [6.07, 6.45) is 33.2. The van der Waals surface area contributed by atoms with E-state index in [1.54, 1.807) is 7.11 Å². The molecule has 272 valence electrons. The van der Waals surface area contributed by atoms with E-state index in [4.69, 9.17) is 9.73 Å². The summed E-state index contributed by atoms with van der Waals surface area (Å²) in [5.74, 6) is 2.34. The zero-order valence-corrected chi connectivity index (χ0v) is 30.7. The van der Waals surface area contributed by atoms with Gasteiger partial charge in [0.1, 0.15) is 0 Å². The lowest BCUT2D eigenvalue weighted by molar-refractivity contribution is -0.187. The minimum atomic E-state index is -4.17. The maximum Gasteiger partial charge on any atom is 0.392 e. The van der Waals surface area contributed by atoms with E-state index >= 15 is 0 Å². The molecule has 0 radical (unpaired) electrons. The van der Waals surface area contributed by atoms with E-state index < -0.39 is 12.1 Å². The van der Waals surface area contributed by atoms with Crippen LogP contribution in [-0.4, -0.2) is 32.1 Å². The summed E-state index contributed by atoms with van der Waals surface area (Å²) in [6, 6.07) is 0.229. The van der Waals surface area contributed by atoms with Gasteiger partial charge in [0.15, 0.2) is 0 Å². The third kappa shape index (κ3) is 9.62. The van der Waals surface area contributed by atoms with Crippen molar-refractivity contribution in [3.8, 4) is 0 Å². The van der Waals surface area contributed by atoms with E-state index in [1.807, 2.05) is 18.4 Å². The number of ether oxygens (including phenoxy) is 1. The molecule has 0 bridgehead atoms. The van der Waals surface area contributed by atoms with Crippen LogP contribution < -0.4 is 0 Å². The monoisotopic (exact) mass is 687 g/mol. The molecule has 50 heavy (non-hydrogen) atoms. The number of alkyl halides is 3. The van der Waals surface area contributed by atoms with Gasteiger partial charge in [-0.25, -0.2) is 0 Å². The Bertz CT molecular complexity index is 1450. The summed E-state index contributed by atoms with van der Waals surface area (Å²) in [4.78, 5) is 5.00. The molecule has 0 aromatic carbocycles. The number of hydrogen-bond donors (Lipinski definition) is 0. The summed E-state index contributed by atoms with van der Waals surface area (Å²) in [7, 11) is 1.75. The predicted octanol–water partition coefficient (Wildman–Crippen LogP) is 12.3. The van der Waals surface area contributed by atoms with Gasteiger partial charge in [0, 0.05) is 19.9 Å². The molecule has 10 atom stereocenters. The fraction of sp³-hybridized carbons (Fsp3) is 0.644. The van der Waals surface area contributed by atoms with Gasteiger partial charge >= 0.3 is 6.18 Å². The zero-order valence-electron chi connectivity index (χ0n) is 30.7. The summed E-state index contributed by atoms with van der Waals surface area (Å²) >= 11 is 0. The second kappa shape index (κ2) is 17.3. The highest BCUT2D eigenvalue weighted by Gasteiger charge is 2.45. The first-order valence-corrected chi connectivity index (χ1v) is 19.8. The van der Waals surface area contributed by atoms with Crippen LogP contribution in [0.15, 0.2) is 93.8 Å². The first-order valence-electron chi connectivity index (χ1n) is 19.8. The lowest BCUT2D eigenvalue weighted by atomic mass is 9.68. The molecule has 2 saturated carbocycles. The van der Waals surface area contributed by atoms with Crippen molar-refractivity contribution >= 4 is 6.21 Å². The fourth-order valence-electron chi connectivity index (χ4n) is 9.74. The summed E-state index contributed by atoms with van der Waals surface area (Å²) in [5.41, 5.74) is 8.57. The van der Waals surface area contributed by atoms with Crippen molar-refractivity contribution in [1.29, 1.82) is 0 Å². The first kappa shape index (κ1) is 37.1. The molecule has 1 aliphatic heterocycles. The first-order chi connectivity index (χ1) is 24.2. The van der Waals surface area contributed by atoms with Crippen LogP contribution in [0.1, 0.15) is 104 Å². The van der Waals surface area contributed by atoms with Crippen molar-refractivity contribution in [2.24, 2.45) is 58.3 Å². The number of methoxy groups -OCH3 is 1. The maximum atomic E-state index is 14.3. The number of allylic oxidation sites excluding steroid dienone is 11. The Hall–Kier alpha value is -2.62. The Morgan fingerprint density at radius 3 is 2.78 bits per heavy atom. The van der Waals surface area contributed by atoms with Crippen molar-refractivity contribution in [3.63, 3.8) is 0 Å². The molecule has 0 spiro atoms. The van der Waals surface area contributed by atoms with Crippen molar-refractivity contribution in [2.75, 3.05) is 13.7 Å². The van der Waals surface area contributed by atoms with Gasteiger partial charge in [0.05, 0.1) is 12.0 Å². The normalized spacial score (nSPS) is 35.8. The summed E-state index contributed by atoms with van der Waals surface area (Å²) < 4.78 is 48.1. The van der Waals surface area contributed by atoms with Crippen LogP contribution in [0.2, 0.25) is 0 Å². The number of halogens is 3. The van der Waals surface area contributed by atoms with Gasteiger partial charge in [-0.3, -0.25) is 4.99 Å². The molecule has 0 aromatic rings. The quantitative estimate of drug-likeness (QED) is 0.127. The molecular weight excluding hydrogens is 627 g/mol. The third-order valence-corrected chi connectivity index (χ3v) is 13.1. The van der Waals surface area contributed by atoms with Crippen molar-refractivity contribution in [1.82, 2.24) is 0 Å². The van der Waals surface area contributed by atoms with Gasteiger partial charge in [-0.05, 0) is 166 Å². The lowest BCUT2D eigenvalue weighted by Crippen LogP contribution is -2.34. The second-order valence-electron chi connectivity index (χ2n) is 16.3. The molecule has 2 nitrogen and oxygen atoms in total. The number of dihydropyridines is 1. The molecule has 10 unspecified atom stereocenters. The zero-order chi connectivity index (χ0) is 35.1. The molecule has 5 aliphatic carbocycles. The minimum absolute atomic E-state index is 0.0795. The average Bonchev–Trinajstić information content (AvgIpc) is 3.94. The van der Waals surface area contributed by atoms with Crippen molar-refractivity contribution in [3.05, 3.63) is 88.8 Å². The van der Waals surface area contributed by atoms with Crippen molar-refractivity contribution in [2.45, 2.75) is 116 Å². The fourth-order valence-corrected chi connectivity index (χ4v) is 9.74. The van der Waals surface area contributed by atoms with E-state index in [2.05, 4.69) is 68.2 Å². The molecule has 6 rings (SSSR count). The average molecular weight is 688 g/mol. The Morgan fingerprint density at radius 2 is 1.94 bits per heavy atom. The number of fused-ring (bicyclic) bond motifs is 1. The van der Waals surface area contributed by atoms with Crippen LogP contribution in [0.3, 0.4) is 0 Å². The second-order valence-corrected chi connectivity index (χ2v) is 16.3. The number of rotatable bonds is 10. The van der Waals surface area contributed by atoms with Crippen LogP contribution in [0.4, 0.5) is 13.2 Å². The topological polar surface area (TPSA) is 21.6 Å². The SMILES string of the molecule is COCCC1CCCC(=CCC2CCC(C=C=CC3CC3C3C=CC(C)C(C(C)C4N=CC=C5C=CCCC=C54)C3)=CCC2C(F)(F)F)CC1. The van der Waals surface area contributed by atoms with Crippen LogP contribution >= 0.6 is 0 Å². The van der Waals surface area contributed by atoms with Gasteiger partial charge < -0.3 is 4.74 Å². The molecule has 0 aromatic heterocycles. The van der Waals surface area contributed by atoms with Crippen molar-refractivity contribution < 1.29 is 17.9 Å². The van der Waals surface area contributed by atoms with Gasteiger partial charge in [0.2, 0.25) is 0 Å². The van der Waals surface area contributed by atoms with Gasteiger partial charge in [0.25, 0.3) is 0 Å². The predicted molar refractivity (Wildman–Crippen MR) is 201 cm³/mol. The van der Waals surface area contributed by atoms with E-state index in [-0.39, 0.29) is 18.4 Å². The van der Waals surface area contributed by atoms with E-state index in [9.17, 15) is 13.2 Å². The highest BCUT2D eigenvalue weighted by atomic mass is 19.4. The van der Waals surface area contributed by atoms with Crippen LogP contribution in [0.25, 0.3) is 0 Å². The van der Waals surface area contributed by atoms with E-state index in [1.165, 1.54) is 36.0 Å². The Balaban J connectivity index is 1.03. The summed E-state index contributed by atoms with van der Waals surface area (Å²) in [6.45, 7) is 5.57. The number of nitrogens with zero attached hydrogens (tertiary/aromatic N) is 1. The molecule has 0 saturated heterocycles. The highest BCUT2D eigenvalue weighted by Crippen LogP contribution is 2.52. The molecule has 2 fully saturated rings. The Morgan fingerprint density at radius 1 is 1.06 bits per heavy atom. The Kier molecular flexibility index (Phi) is 12.8. The van der Waals surface area contributed by atoms with Gasteiger partial charge in [-0.2, -0.15) is 13.2 Å². The summed E-state index contributed by atoms with van der Waals surface area (Å²) in [5, 5.41) is 0. The molecule has 0 N–H and O–H groups in total. The minimum Gasteiger partial charge on any atom is -0.385 e. The standard InChI is InChI=1S/C45H60F3NO/c1-31-15-21-39(29-41(31)32(2)44-40-14-6-4-5-12-36(40)25-27-49-44)42-30-38(42)13-8-11-34-19-23-37(43(24-20-34)45(46,47)48)22-18-33-9-7-10-35(17-16-33)26-28-50-3/h5,11-15,18,20-21,25,27,31-32,35,37-39,41-44H,4,6-7,9-10,16-17,19,22-24,26,28-30H2,1-3H3. The van der Waals surface area contributed by atoms with Gasteiger partial charge in [-0.1, -0.05) is 68.4 Å². The third-order valence-electron chi connectivity index (χ3n) is 13.1. The molecule has 6 aliphatic rings. The highest BCUT2D eigenvalue weighted by molar-refractivity contribution is 5.78.